The van der Waals surface area contributed by atoms with E-state index in [1.54, 1.807) is 0 Å². The lowest BCUT2D eigenvalue weighted by atomic mass is 10.3. The number of carboxylic acid groups (broad SMARTS) is 1. The van der Waals surface area contributed by atoms with Crippen LogP contribution >= 0.6 is 0 Å². The van der Waals surface area contributed by atoms with E-state index in [0.29, 0.717) is 0 Å². The van der Waals surface area contributed by atoms with Gasteiger partial charge in [0.2, 0.25) is 5.91 Å². The maximum Gasteiger partial charge on any atom is 0.321 e. The highest BCUT2D eigenvalue weighted by molar-refractivity contribution is 7.87. The Kier molecular flexibility index (Phi) is 6.65. The van der Waals surface area contributed by atoms with E-state index >= 15 is 0 Å². The van der Waals surface area contributed by atoms with Crippen LogP contribution in [0.5, 0.6) is 0 Å². The van der Waals surface area contributed by atoms with Crippen molar-refractivity contribution in [3.05, 3.63) is 0 Å². The lowest BCUT2D eigenvalue weighted by Crippen LogP contribution is -2.47. The number of hydrogen-bond acceptors (Lipinski definition) is 5. The van der Waals surface area contributed by atoms with E-state index in [4.69, 9.17) is 10.8 Å². The lowest BCUT2D eigenvalue weighted by molar-refractivity contribution is -0.138. The predicted molar refractivity (Wildman–Crippen MR) is 59.2 cm³/mol. The average molecular weight is 268 g/mol. The third kappa shape index (κ3) is 8.56. The molecule has 0 unspecified atom stereocenters. The molecule has 9 nitrogen and oxygen atoms in total. The van der Waals surface area contributed by atoms with Crippen molar-refractivity contribution in [2.24, 2.45) is 5.73 Å². The molecule has 0 radical (unpaired) electrons. The maximum absolute atomic E-state index is 11.2. The molecule has 1 atom stereocenters. The van der Waals surface area contributed by atoms with Crippen LogP contribution in [0.15, 0.2) is 0 Å². The summed E-state index contributed by atoms with van der Waals surface area (Å²) < 4.78 is 26.5. The number of carbonyl (C=O) groups excluding carboxylic acids is 1. The van der Waals surface area contributed by atoms with Crippen molar-refractivity contribution in [1.29, 1.82) is 0 Å². The van der Waals surface area contributed by atoms with Gasteiger partial charge >= 0.3 is 5.97 Å². The Balaban J connectivity index is 3.88. The third-order valence-electron chi connectivity index (χ3n) is 1.60. The van der Waals surface area contributed by atoms with Gasteiger partial charge in [-0.1, -0.05) is 0 Å². The van der Waals surface area contributed by atoms with Crippen LogP contribution in [0.25, 0.3) is 0 Å². The molecule has 0 aliphatic carbocycles. The standard InChI is InChI=1S/C7H16N4O5S/c1-5(12)9-2-3-10-17(15,16)11-4-6(8)7(13)14/h6,10-11H,2-4,8H2,1H3,(H,9,12)(H,13,14)/t6-/m0/s1. The molecule has 0 heterocycles. The topological polar surface area (TPSA) is 151 Å². The van der Waals surface area contributed by atoms with E-state index in [0.717, 1.165) is 0 Å². The van der Waals surface area contributed by atoms with Crippen molar-refractivity contribution in [2.45, 2.75) is 13.0 Å². The molecule has 0 aromatic heterocycles. The third-order valence-corrected chi connectivity index (χ3v) is 2.73. The van der Waals surface area contributed by atoms with Crippen molar-refractivity contribution < 1.29 is 23.1 Å². The molecule has 0 fully saturated rings. The zero-order valence-electron chi connectivity index (χ0n) is 9.26. The van der Waals surface area contributed by atoms with E-state index < -0.39 is 28.8 Å². The molecule has 0 saturated carbocycles. The first-order valence-electron chi connectivity index (χ1n) is 4.71. The number of carbonyl (C=O) groups is 2. The van der Waals surface area contributed by atoms with Gasteiger partial charge in [-0.15, -0.1) is 0 Å². The van der Waals surface area contributed by atoms with Gasteiger partial charge < -0.3 is 16.2 Å². The minimum absolute atomic E-state index is 0.00276. The Labute approximate surface area is 98.9 Å². The fourth-order valence-corrected chi connectivity index (χ4v) is 1.63. The molecule has 0 aliphatic heterocycles. The Morgan fingerprint density at radius 2 is 1.88 bits per heavy atom. The minimum Gasteiger partial charge on any atom is -0.480 e. The van der Waals surface area contributed by atoms with Gasteiger partial charge in [-0.25, -0.2) is 9.44 Å². The Morgan fingerprint density at radius 3 is 2.35 bits per heavy atom. The summed E-state index contributed by atoms with van der Waals surface area (Å²) in [5.74, 6) is -1.57. The van der Waals surface area contributed by atoms with Gasteiger partial charge in [-0.2, -0.15) is 8.42 Å². The Hall–Kier alpha value is -1.23. The van der Waals surface area contributed by atoms with Crippen LogP contribution in [-0.2, 0) is 19.8 Å². The van der Waals surface area contributed by atoms with Crippen LogP contribution in [0.2, 0.25) is 0 Å². The van der Waals surface area contributed by atoms with Crippen LogP contribution in [0, 0.1) is 0 Å². The fourth-order valence-electron chi connectivity index (χ4n) is 0.762. The first kappa shape index (κ1) is 15.8. The monoisotopic (exact) mass is 268 g/mol. The molecule has 100 valence electrons. The fraction of sp³-hybridized carbons (Fsp3) is 0.714. The molecule has 0 bridgehead atoms. The molecular formula is C7H16N4O5S. The SMILES string of the molecule is CC(=O)NCCNS(=O)(=O)NC[C@H](N)C(=O)O. The van der Waals surface area contributed by atoms with E-state index in [2.05, 4.69) is 10.0 Å². The number of rotatable bonds is 8. The van der Waals surface area contributed by atoms with Gasteiger partial charge in [0, 0.05) is 26.6 Å². The first-order chi connectivity index (χ1) is 7.74. The van der Waals surface area contributed by atoms with Crippen molar-refractivity contribution in [1.82, 2.24) is 14.8 Å². The van der Waals surface area contributed by atoms with Crippen molar-refractivity contribution in [2.75, 3.05) is 19.6 Å². The summed E-state index contributed by atoms with van der Waals surface area (Å²) in [5, 5.41) is 10.8. The zero-order valence-corrected chi connectivity index (χ0v) is 10.1. The average Bonchev–Trinajstić information content (AvgIpc) is 2.21. The van der Waals surface area contributed by atoms with Gasteiger partial charge in [0.25, 0.3) is 10.2 Å². The van der Waals surface area contributed by atoms with E-state index in [1.807, 2.05) is 4.72 Å². The number of amides is 1. The van der Waals surface area contributed by atoms with E-state index in [-0.39, 0.29) is 19.0 Å². The first-order valence-corrected chi connectivity index (χ1v) is 6.20. The molecule has 17 heavy (non-hydrogen) atoms. The smallest absolute Gasteiger partial charge is 0.321 e. The van der Waals surface area contributed by atoms with Crippen LogP contribution in [0.4, 0.5) is 0 Å². The highest BCUT2D eigenvalue weighted by Crippen LogP contribution is 1.80. The number of aliphatic carboxylic acids is 1. The van der Waals surface area contributed by atoms with Crippen LogP contribution in [-0.4, -0.2) is 51.1 Å². The lowest BCUT2D eigenvalue weighted by Gasteiger charge is -2.10. The van der Waals surface area contributed by atoms with Gasteiger partial charge in [-0.3, -0.25) is 9.59 Å². The largest absolute Gasteiger partial charge is 0.480 e. The van der Waals surface area contributed by atoms with Gasteiger partial charge in [0.1, 0.15) is 6.04 Å². The van der Waals surface area contributed by atoms with Crippen LogP contribution in [0.3, 0.4) is 0 Å². The minimum atomic E-state index is -3.80. The molecule has 1 amide bonds. The summed E-state index contributed by atoms with van der Waals surface area (Å²) in [4.78, 5) is 20.8. The molecular weight excluding hydrogens is 252 g/mol. The zero-order chi connectivity index (χ0) is 13.5. The summed E-state index contributed by atoms with van der Waals surface area (Å²) in [6.45, 7) is 1.03. The summed E-state index contributed by atoms with van der Waals surface area (Å²) in [6, 6.07) is -1.30. The van der Waals surface area contributed by atoms with E-state index in [9.17, 15) is 18.0 Å². The quantitative estimate of drug-likeness (QED) is 0.295. The van der Waals surface area contributed by atoms with Crippen LogP contribution < -0.4 is 20.5 Å². The second-order valence-corrected chi connectivity index (χ2v) is 4.76. The molecule has 0 saturated heterocycles. The molecule has 0 aliphatic rings. The summed E-state index contributed by atoms with van der Waals surface area (Å²) in [6.07, 6.45) is 0. The highest BCUT2D eigenvalue weighted by Gasteiger charge is 2.15. The summed E-state index contributed by atoms with van der Waals surface area (Å²) in [7, 11) is -3.80. The second-order valence-electron chi connectivity index (χ2n) is 3.17. The summed E-state index contributed by atoms with van der Waals surface area (Å²) in [5.41, 5.74) is 5.11. The molecule has 0 aromatic carbocycles. The van der Waals surface area contributed by atoms with E-state index in [1.165, 1.54) is 6.92 Å². The van der Waals surface area contributed by atoms with Gasteiger partial charge in [-0.05, 0) is 0 Å². The molecule has 0 rings (SSSR count). The van der Waals surface area contributed by atoms with Crippen molar-refractivity contribution >= 4 is 22.1 Å². The summed E-state index contributed by atoms with van der Waals surface area (Å²) >= 11 is 0. The number of hydrogen-bond donors (Lipinski definition) is 5. The van der Waals surface area contributed by atoms with Crippen molar-refractivity contribution in [3.63, 3.8) is 0 Å². The number of carboxylic acids is 1. The second kappa shape index (κ2) is 7.17. The normalized spacial score (nSPS) is 13.1. The van der Waals surface area contributed by atoms with Crippen molar-refractivity contribution in [3.8, 4) is 0 Å². The number of nitrogens with two attached hydrogens (primary N) is 1. The maximum atomic E-state index is 11.2. The Bertz CT molecular complexity index is 368. The highest BCUT2D eigenvalue weighted by atomic mass is 32.2. The molecule has 0 spiro atoms. The molecule has 10 heteroatoms. The van der Waals surface area contributed by atoms with Gasteiger partial charge in [0.05, 0.1) is 0 Å². The molecule has 0 aromatic rings. The van der Waals surface area contributed by atoms with Gasteiger partial charge in [0.15, 0.2) is 0 Å². The predicted octanol–water partition coefficient (Wildman–Crippen LogP) is -3.04. The molecule has 6 N–H and O–H groups in total. The van der Waals surface area contributed by atoms with Crippen LogP contribution in [0.1, 0.15) is 6.92 Å². The number of nitrogens with one attached hydrogen (secondary N) is 3. The Morgan fingerprint density at radius 1 is 1.29 bits per heavy atom.